The van der Waals surface area contributed by atoms with E-state index in [2.05, 4.69) is 9.97 Å². The van der Waals surface area contributed by atoms with E-state index in [0.29, 0.717) is 0 Å². The molecule has 0 saturated heterocycles. The number of nitrogens with one attached hydrogen (secondary N) is 2. The number of aromatic nitrogens is 3. The molecule has 50 heavy (non-hydrogen) atoms. The van der Waals surface area contributed by atoms with Crippen molar-refractivity contribution in [3.63, 3.8) is 0 Å². The Morgan fingerprint density at radius 2 is 1.30 bits per heavy atom. The molecule has 0 saturated carbocycles. The first kappa shape index (κ1) is 35.1. The summed E-state index contributed by atoms with van der Waals surface area (Å²) in [5.74, 6) is -1.14. The van der Waals surface area contributed by atoms with E-state index in [1.807, 2.05) is 0 Å². The number of carbonyl (C=O) groups excluding carboxylic acids is 1. The van der Waals surface area contributed by atoms with Crippen molar-refractivity contribution in [3.8, 4) is 0 Å². The Labute approximate surface area is 281 Å². The number of benzene rings is 4. The van der Waals surface area contributed by atoms with Crippen LogP contribution in [0.15, 0.2) is 91.2 Å². The van der Waals surface area contributed by atoms with Gasteiger partial charge in [-0.15, -0.1) is 0 Å². The Hall–Kier alpha value is -4.78. The van der Waals surface area contributed by atoms with E-state index in [0.717, 1.165) is 55.6 Å². The number of carbonyl (C=O) groups is 1. The monoisotopic (exact) mass is 767 g/mol. The number of hydrogen-bond acceptors (Lipinski definition) is 10. The smallest absolute Gasteiger partial charge is 0.343 e. The molecule has 0 aliphatic heterocycles. The fraction of sp³-hybridized carbons (Fsp3) is 0.0714. The van der Waals surface area contributed by atoms with Gasteiger partial charge >= 0.3 is 31.8 Å². The van der Waals surface area contributed by atoms with Crippen LogP contribution in [0.5, 0.6) is 0 Å². The van der Waals surface area contributed by atoms with Crippen LogP contribution in [0.2, 0.25) is 0 Å². The van der Waals surface area contributed by atoms with Crippen LogP contribution in [-0.2, 0) is 47.5 Å². The van der Waals surface area contributed by atoms with E-state index in [1.165, 1.54) is 29.9 Å². The lowest BCUT2D eigenvalue weighted by atomic mass is 10.0. The summed E-state index contributed by atoms with van der Waals surface area (Å²) in [4.78, 5) is 28.3. The average molecular weight is 768 g/mol. The quantitative estimate of drug-likeness (QED) is 0.101. The number of aromatic amines is 2. The SMILES string of the molecule is Cn1cccc1C(=O)[N+](C)(c1cc2ccc(S(=O)(=O)O)cc2cc1S(=O)(=O)O)c1c(S(=O)(=O)O)c2[nH]c(=O)[nH]c2c2ccc(S(=O)(=O)O)cc12. The van der Waals surface area contributed by atoms with Gasteiger partial charge in [-0.25, -0.2) is 9.59 Å². The van der Waals surface area contributed by atoms with E-state index in [-0.39, 0.29) is 27.4 Å². The van der Waals surface area contributed by atoms with Crippen LogP contribution < -0.4 is 10.2 Å². The number of imidazole rings is 1. The van der Waals surface area contributed by atoms with Gasteiger partial charge in [-0.3, -0.25) is 18.2 Å². The number of H-pyrrole nitrogens is 2. The number of nitrogens with zero attached hydrogens (tertiary/aromatic N) is 2. The highest BCUT2D eigenvalue weighted by atomic mass is 32.2. The number of fused-ring (bicyclic) bond motifs is 4. The Morgan fingerprint density at radius 1 is 0.700 bits per heavy atom. The van der Waals surface area contributed by atoms with Gasteiger partial charge in [0, 0.05) is 30.1 Å². The van der Waals surface area contributed by atoms with Crippen molar-refractivity contribution in [2.45, 2.75) is 19.6 Å². The topological polar surface area (TPSA) is 288 Å². The number of rotatable bonds is 7. The molecule has 6 rings (SSSR count). The molecule has 0 fully saturated rings. The highest BCUT2D eigenvalue weighted by molar-refractivity contribution is 7.86. The van der Waals surface area contributed by atoms with Crippen LogP contribution in [0.1, 0.15) is 10.5 Å². The van der Waals surface area contributed by atoms with Gasteiger partial charge in [0.15, 0.2) is 21.2 Å². The molecule has 1 unspecified atom stereocenters. The third-order valence-electron chi connectivity index (χ3n) is 8.20. The lowest BCUT2D eigenvalue weighted by molar-refractivity contribution is 0.0849. The molecule has 0 spiro atoms. The Balaban J connectivity index is 1.96. The van der Waals surface area contributed by atoms with Crippen molar-refractivity contribution in [2.24, 2.45) is 7.05 Å². The number of amides is 1. The molecular weight excluding hydrogens is 745 g/mol. The first-order valence-electron chi connectivity index (χ1n) is 13.7. The fourth-order valence-corrected chi connectivity index (χ4v) is 8.74. The number of quaternary nitrogens is 1. The molecule has 0 aliphatic carbocycles. The largest absolute Gasteiger partial charge is 0.372 e. The van der Waals surface area contributed by atoms with Gasteiger partial charge < -0.3 is 14.5 Å². The van der Waals surface area contributed by atoms with Crippen molar-refractivity contribution in [1.29, 1.82) is 0 Å². The molecule has 0 bridgehead atoms. The van der Waals surface area contributed by atoms with Gasteiger partial charge in [0.1, 0.15) is 5.69 Å². The maximum atomic E-state index is 14.9. The molecule has 4 aromatic carbocycles. The molecule has 6 N–H and O–H groups in total. The highest BCUT2D eigenvalue weighted by Crippen LogP contribution is 2.50. The molecule has 0 aliphatic rings. The van der Waals surface area contributed by atoms with Crippen molar-refractivity contribution < 1.29 is 56.7 Å². The summed E-state index contributed by atoms with van der Waals surface area (Å²) >= 11 is 0. The maximum Gasteiger partial charge on any atom is 0.372 e. The third kappa shape index (κ3) is 5.61. The zero-order chi connectivity index (χ0) is 36.9. The van der Waals surface area contributed by atoms with Gasteiger partial charge in [0.25, 0.3) is 20.2 Å². The van der Waals surface area contributed by atoms with Crippen LogP contribution in [-0.4, -0.2) is 79.4 Å². The molecular formula is C28H23N4O14S4+. The minimum Gasteiger partial charge on any atom is -0.343 e. The number of aryl methyl sites for hydroxylation is 1. The molecule has 1 atom stereocenters. The number of hydrogen-bond donors (Lipinski definition) is 6. The van der Waals surface area contributed by atoms with E-state index in [4.69, 9.17) is 0 Å². The summed E-state index contributed by atoms with van der Waals surface area (Å²) in [5, 5.41) is -0.877. The van der Waals surface area contributed by atoms with Gasteiger partial charge in [-0.2, -0.15) is 38.2 Å². The molecule has 18 nitrogen and oxygen atoms in total. The van der Waals surface area contributed by atoms with Crippen LogP contribution in [0.25, 0.3) is 32.6 Å². The summed E-state index contributed by atoms with van der Waals surface area (Å²) < 4.78 is 142. The van der Waals surface area contributed by atoms with Crippen molar-refractivity contribution in [1.82, 2.24) is 19.0 Å². The average Bonchev–Trinajstić information content (AvgIpc) is 3.61. The summed E-state index contributed by atoms with van der Waals surface area (Å²) in [6.45, 7) is 0. The van der Waals surface area contributed by atoms with Gasteiger partial charge in [-0.1, -0.05) is 12.1 Å². The van der Waals surface area contributed by atoms with Gasteiger partial charge in [-0.05, 0) is 53.2 Å². The standard InChI is InChI=1S/C28H22N4O14S4/c1-31-9-3-4-20(31)27(33)32(2,21-11-14-5-6-16(47(35,36)37)10-15(14)12-22(21)49(41,42)43)25-19-13-17(48(38,39)40)7-8-18(19)23-24(30-28(34)29-23)26(25)50(44,45)46/h3-13H,1-2H3,(H5-,29,30,34,35,36,37,38,39,40,41,42,43,44,45,46)/p+1. The molecule has 6 aromatic rings. The molecule has 2 heterocycles. The van der Waals surface area contributed by atoms with E-state index < -0.39 is 98.4 Å². The fourth-order valence-electron chi connectivity index (χ4n) is 5.99. The minimum absolute atomic E-state index is 0.0173. The van der Waals surface area contributed by atoms with Gasteiger partial charge in [0.05, 0.1) is 27.9 Å². The normalized spacial score (nSPS) is 14.4. The van der Waals surface area contributed by atoms with Crippen molar-refractivity contribution in [3.05, 3.63) is 83.0 Å². The second-order valence-electron chi connectivity index (χ2n) is 11.3. The molecule has 262 valence electrons. The second kappa shape index (κ2) is 11.1. The molecule has 0 radical (unpaired) electrons. The molecule has 1 amide bonds. The predicted octanol–water partition coefficient (Wildman–Crippen LogP) is 2.60. The predicted molar refractivity (Wildman–Crippen MR) is 177 cm³/mol. The summed E-state index contributed by atoms with van der Waals surface area (Å²) in [6.07, 6.45) is 1.41. The molecule has 22 heteroatoms. The minimum atomic E-state index is -5.59. The highest BCUT2D eigenvalue weighted by Gasteiger charge is 2.49. The van der Waals surface area contributed by atoms with Crippen molar-refractivity contribution >= 4 is 90.3 Å². The lowest BCUT2D eigenvalue weighted by Gasteiger charge is -2.34. The zero-order valence-electron chi connectivity index (χ0n) is 25.2. The maximum absolute atomic E-state index is 14.9. The van der Waals surface area contributed by atoms with Gasteiger partial charge in [0.2, 0.25) is 0 Å². The van der Waals surface area contributed by atoms with Crippen LogP contribution in [0.4, 0.5) is 11.4 Å². The van der Waals surface area contributed by atoms with Crippen molar-refractivity contribution in [2.75, 3.05) is 7.05 Å². The summed E-state index contributed by atoms with van der Waals surface area (Å²) in [6, 6.07) is 10.0. The first-order chi connectivity index (χ1) is 22.9. The molecule has 2 aromatic heterocycles. The van der Waals surface area contributed by atoms with Crippen LogP contribution in [0, 0.1) is 0 Å². The summed E-state index contributed by atoms with van der Waals surface area (Å²) in [7, 11) is -18.5. The first-order valence-corrected chi connectivity index (χ1v) is 19.4. The van der Waals surface area contributed by atoms with Crippen LogP contribution >= 0.6 is 0 Å². The second-order valence-corrected chi connectivity index (χ2v) is 16.9. The summed E-state index contributed by atoms with van der Waals surface area (Å²) in [5.41, 5.74) is -3.71. The Morgan fingerprint density at radius 3 is 1.86 bits per heavy atom. The lowest BCUT2D eigenvalue weighted by Crippen LogP contribution is -2.48. The zero-order valence-corrected chi connectivity index (χ0v) is 28.5. The van der Waals surface area contributed by atoms with E-state index in [9.17, 15) is 61.5 Å². The van der Waals surface area contributed by atoms with Crippen LogP contribution in [0.3, 0.4) is 0 Å². The van der Waals surface area contributed by atoms with E-state index in [1.54, 1.807) is 0 Å². The van der Waals surface area contributed by atoms with E-state index >= 15 is 0 Å². The Kier molecular flexibility index (Phi) is 7.79. The Bertz CT molecular complexity index is 3000. The third-order valence-corrected chi connectivity index (χ3v) is 11.7.